The number of nitrogens with one attached hydrogen (secondary N) is 1. The van der Waals surface area contributed by atoms with Gasteiger partial charge in [-0.2, -0.15) is 0 Å². The zero-order valence-electron chi connectivity index (χ0n) is 13.6. The Balaban J connectivity index is 1.88. The molecule has 1 atom stereocenters. The molecule has 1 N–H and O–H groups in total. The van der Waals surface area contributed by atoms with E-state index in [1.165, 1.54) is 23.9 Å². The lowest BCUT2D eigenvalue weighted by molar-refractivity contribution is -0.118. The molecule has 0 saturated carbocycles. The van der Waals surface area contributed by atoms with Crippen molar-refractivity contribution >= 4 is 29.3 Å². The van der Waals surface area contributed by atoms with Crippen molar-refractivity contribution in [3.63, 3.8) is 0 Å². The van der Waals surface area contributed by atoms with Gasteiger partial charge in [-0.05, 0) is 50.0 Å². The van der Waals surface area contributed by atoms with E-state index in [2.05, 4.69) is 5.32 Å². The van der Waals surface area contributed by atoms with E-state index < -0.39 is 0 Å². The van der Waals surface area contributed by atoms with Crippen LogP contribution in [0.2, 0.25) is 5.02 Å². The van der Waals surface area contributed by atoms with E-state index in [4.69, 9.17) is 11.6 Å². The predicted molar refractivity (Wildman–Crippen MR) is 98.0 cm³/mol. The molecule has 0 aliphatic rings. The van der Waals surface area contributed by atoms with Crippen LogP contribution in [-0.4, -0.2) is 37.2 Å². The molecule has 2 aromatic rings. The Hall–Kier alpha value is -1.56. The lowest BCUT2D eigenvalue weighted by Crippen LogP contribution is -2.35. The van der Waals surface area contributed by atoms with E-state index in [1.54, 1.807) is 12.1 Å². The van der Waals surface area contributed by atoms with E-state index >= 15 is 0 Å². The molecule has 24 heavy (non-hydrogen) atoms. The third kappa shape index (κ3) is 5.51. The highest BCUT2D eigenvalue weighted by molar-refractivity contribution is 8.00. The molecule has 2 rings (SSSR count). The highest BCUT2D eigenvalue weighted by Crippen LogP contribution is 2.25. The first-order chi connectivity index (χ1) is 11.5. The number of amides is 1. The third-order valence-corrected chi connectivity index (χ3v) is 4.92. The van der Waals surface area contributed by atoms with Gasteiger partial charge in [-0.1, -0.05) is 29.8 Å². The number of halogens is 2. The van der Waals surface area contributed by atoms with Crippen LogP contribution in [0.15, 0.2) is 53.4 Å². The summed E-state index contributed by atoms with van der Waals surface area (Å²) in [6.07, 6.45) is 0. The summed E-state index contributed by atoms with van der Waals surface area (Å²) in [6, 6.07) is 13.7. The molecule has 1 amide bonds. The minimum atomic E-state index is -0.280. The number of thioether (sulfide) groups is 1. The van der Waals surface area contributed by atoms with Crippen LogP contribution in [-0.2, 0) is 4.79 Å². The average molecular weight is 367 g/mol. The number of rotatable bonds is 7. The summed E-state index contributed by atoms with van der Waals surface area (Å²) in [4.78, 5) is 15.0. The summed E-state index contributed by atoms with van der Waals surface area (Å²) in [7, 11) is 3.90. The summed E-state index contributed by atoms with van der Waals surface area (Å²) >= 11 is 7.64. The minimum absolute atomic E-state index is 0.00142. The molecule has 0 fully saturated rings. The molecule has 0 aromatic heterocycles. The highest BCUT2D eigenvalue weighted by atomic mass is 35.5. The Kier molecular flexibility index (Phi) is 7.09. The maximum absolute atomic E-state index is 12.9. The van der Waals surface area contributed by atoms with Gasteiger partial charge in [-0.25, -0.2) is 4.39 Å². The fourth-order valence-corrected chi connectivity index (χ4v) is 3.25. The van der Waals surface area contributed by atoms with Gasteiger partial charge in [-0.3, -0.25) is 4.79 Å². The van der Waals surface area contributed by atoms with Crippen molar-refractivity contribution in [3.8, 4) is 0 Å². The fraction of sp³-hybridized carbons (Fsp3) is 0.278. The lowest BCUT2D eigenvalue weighted by atomic mass is 10.1. The molecule has 1 unspecified atom stereocenters. The van der Waals surface area contributed by atoms with Gasteiger partial charge in [0.2, 0.25) is 5.91 Å². The Morgan fingerprint density at radius 2 is 1.88 bits per heavy atom. The number of carbonyl (C=O) groups excluding carboxylic acids is 1. The molecule has 2 aromatic carbocycles. The molecular formula is C18H20ClFN2OS. The molecule has 0 bridgehead atoms. The van der Waals surface area contributed by atoms with E-state index in [1.807, 2.05) is 43.3 Å². The van der Waals surface area contributed by atoms with Crippen molar-refractivity contribution in [3.05, 3.63) is 64.9 Å². The molecule has 0 radical (unpaired) electrons. The standard InChI is InChI=1S/C18H20ClFN2OS/c1-22(2)17(15-5-3-4-6-16(15)19)11-21-18(23)12-24-14-9-7-13(20)8-10-14/h3-10,17H,11-12H2,1-2H3,(H,21,23). The van der Waals surface area contributed by atoms with Crippen molar-refractivity contribution < 1.29 is 9.18 Å². The van der Waals surface area contributed by atoms with Gasteiger partial charge in [0.1, 0.15) is 5.82 Å². The Morgan fingerprint density at radius 3 is 2.50 bits per heavy atom. The topological polar surface area (TPSA) is 32.3 Å². The zero-order chi connectivity index (χ0) is 17.5. The molecule has 0 saturated heterocycles. The second kappa shape index (κ2) is 9.06. The minimum Gasteiger partial charge on any atom is -0.353 e. The van der Waals surface area contributed by atoms with Crippen LogP contribution >= 0.6 is 23.4 Å². The normalized spacial score (nSPS) is 12.2. The summed E-state index contributed by atoms with van der Waals surface area (Å²) in [5.41, 5.74) is 0.982. The SMILES string of the molecule is CN(C)C(CNC(=O)CSc1ccc(F)cc1)c1ccccc1Cl. The van der Waals surface area contributed by atoms with Crippen LogP contribution in [0.1, 0.15) is 11.6 Å². The zero-order valence-corrected chi connectivity index (χ0v) is 15.2. The van der Waals surface area contributed by atoms with Gasteiger partial charge in [0.05, 0.1) is 11.8 Å². The summed E-state index contributed by atoms with van der Waals surface area (Å²) in [5.74, 6) is -0.0607. The molecule has 0 spiro atoms. The Morgan fingerprint density at radius 1 is 1.21 bits per heavy atom. The van der Waals surface area contributed by atoms with Gasteiger partial charge in [0.15, 0.2) is 0 Å². The van der Waals surface area contributed by atoms with Gasteiger partial charge in [-0.15, -0.1) is 11.8 Å². The highest BCUT2D eigenvalue weighted by Gasteiger charge is 2.17. The van der Waals surface area contributed by atoms with Crippen molar-refractivity contribution in [1.82, 2.24) is 10.2 Å². The largest absolute Gasteiger partial charge is 0.353 e. The van der Waals surface area contributed by atoms with E-state index in [0.717, 1.165) is 10.5 Å². The van der Waals surface area contributed by atoms with Crippen molar-refractivity contribution in [2.75, 3.05) is 26.4 Å². The molecule has 0 aliphatic carbocycles. The first-order valence-corrected chi connectivity index (χ1v) is 8.89. The molecular weight excluding hydrogens is 347 g/mol. The van der Waals surface area contributed by atoms with Crippen LogP contribution in [0.5, 0.6) is 0 Å². The second-order valence-electron chi connectivity index (χ2n) is 5.55. The number of hydrogen-bond donors (Lipinski definition) is 1. The van der Waals surface area contributed by atoms with Gasteiger partial charge in [0.25, 0.3) is 0 Å². The Bertz CT molecular complexity index is 679. The number of carbonyl (C=O) groups is 1. The summed E-state index contributed by atoms with van der Waals surface area (Å²) in [5, 5.41) is 3.62. The number of benzene rings is 2. The first-order valence-electron chi connectivity index (χ1n) is 7.53. The fourth-order valence-electron chi connectivity index (χ4n) is 2.26. The van der Waals surface area contributed by atoms with Crippen molar-refractivity contribution in [2.45, 2.75) is 10.9 Å². The molecule has 6 heteroatoms. The Labute approximate surface area is 151 Å². The van der Waals surface area contributed by atoms with Crippen LogP contribution in [0.25, 0.3) is 0 Å². The van der Waals surface area contributed by atoms with Crippen LogP contribution < -0.4 is 5.32 Å². The first kappa shape index (κ1) is 18.8. The smallest absolute Gasteiger partial charge is 0.230 e. The third-order valence-electron chi connectivity index (χ3n) is 3.56. The van der Waals surface area contributed by atoms with Gasteiger partial charge in [0, 0.05) is 16.5 Å². The second-order valence-corrected chi connectivity index (χ2v) is 7.00. The lowest BCUT2D eigenvalue weighted by Gasteiger charge is -2.26. The van der Waals surface area contributed by atoms with E-state index in [9.17, 15) is 9.18 Å². The molecule has 3 nitrogen and oxygen atoms in total. The van der Waals surface area contributed by atoms with Crippen molar-refractivity contribution in [1.29, 1.82) is 0 Å². The molecule has 0 aliphatic heterocycles. The average Bonchev–Trinajstić information content (AvgIpc) is 2.56. The van der Waals surface area contributed by atoms with Crippen LogP contribution in [0.4, 0.5) is 4.39 Å². The maximum atomic E-state index is 12.9. The van der Waals surface area contributed by atoms with Gasteiger partial charge >= 0.3 is 0 Å². The van der Waals surface area contributed by atoms with E-state index in [0.29, 0.717) is 11.6 Å². The maximum Gasteiger partial charge on any atom is 0.230 e. The predicted octanol–water partition coefficient (Wildman–Crippen LogP) is 3.99. The van der Waals surface area contributed by atoms with Crippen LogP contribution in [0, 0.1) is 5.82 Å². The summed E-state index contributed by atoms with van der Waals surface area (Å²) in [6.45, 7) is 0.472. The number of hydrogen-bond acceptors (Lipinski definition) is 3. The summed E-state index contributed by atoms with van der Waals surface area (Å²) < 4.78 is 12.9. The quantitative estimate of drug-likeness (QED) is 0.752. The number of nitrogens with zero attached hydrogens (tertiary/aromatic N) is 1. The van der Waals surface area contributed by atoms with Crippen molar-refractivity contribution in [2.24, 2.45) is 0 Å². The number of likely N-dealkylation sites (N-methyl/N-ethyl adjacent to an activating group) is 1. The van der Waals surface area contributed by atoms with E-state index in [-0.39, 0.29) is 23.5 Å². The van der Waals surface area contributed by atoms with Crippen LogP contribution in [0.3, 0.4) is 0 Å². The van der Waals surface area contributed by atoms with Gasteiger partial charge < -0.3 is 10.2 Å². The molecule has 0 heterocycles. The molecule has 128 valence electrons. The monoisotopic (exact) mass is 366 g/mol.